The Hall–Kier alpha value is -1.32. The predicted molar refractivity (Wildman–Crippen MR) is 63.1 cm³/mol. The van der Waals surface area contributed by atoms with Crippen molar-refractivity contribution in [2.75, 3.05) is 0 Å². The zero-order valence-corrected chi connectivity index (χ0v) is 9.74. The van der Waals surface area contributed by atoms with E-state index < -0.39 is 0 Å². The lowest BCUT2D eigenvalue weighted by molar-refractivity contribution is 0.459. The van der Waals surface area contributed by atoms with Gasteiger partial charge in [0, 0.05) is 12.3 Å². The molecule has 2 rings (SSSR count). The molecule has 0 atom stereocenters. The Morgan fingerprint density at radius 3 is 2.81 bits per heavy atom. The Labute approximate surface area is 103 Å². The summed E-state index contributed by atoms with van der Waals surface area (Å²) in [5.74, 6) is 1.33. The van der Waals surface area contributed by atoms with Crippen LogP contribution in [0.15, 0.2) is 36.7 Å². The highest BCUT2D eigenvalue weighted by Crippen LogP contribution is 2.23. The first-order valence-corrected chi connectivity index (χ1v) is 5.50. The number of ether oxygens (including phenoxy) is 1. The molecule has 0 N–H and O–H groups in total. The van der Waals surface area contributed by atoms with Gasteiger partial charge in [-0.25, -0.2) is 4.98 Å². The van der Waals surface area contributed by atoms with Crippen LogP contribution in [0.1, 0.15) is 5.69 Å². The van der Waals surface area contributed by atoms with E-state index in [4.69, 9.17) is 27.9 Å². The van der Waals surface area contributed by atoms with Gasteiger partial charge in [-0.3, -0.25) is 4.98 Å². The van der Waals surface area contributed by atoms with Gasteiger partial charge in [-0.15, -0.1) is 11.6 Å². The first-order valence-electron chi connectivity index (χ1n) is 4.59. The molecule has 0 unspecified atom stereocenters. The van der Waals surface area contributed by atoms with Gasteiger partial charge in [0.25, 0.3) is 0 Å². The van der Waals surface area contributed by atoms with Crippen LogP contribution in [-0.2, 0) is 5.88 Å². The third kappa shape index (κ3) is 2.62. The van der Waals surface area contributed by atoms with E-state index in [1.807, 2.05) is 0 Å². The predicted octanol–water partition coefficient (Wildman–Crippen LogP) is 3.66. The first kappa shape index (κ1) is 11.2. The second-order valence-corrected chi connectivity index (χ2v) is 3.68. The lowest BCUT2D eigenvalue weighted by Crippen LogP contribution is -1.92. The van der Waals surface area contributed by atoms with Crippen LogP contribution in [0.5, 0.6) is 11.6 Å². The molecule has 82 valence electrons. The molecule has 0 spiro atoms. The summed E-state index contributed by atoms with van der Waals surface area (Å²) < 4.78 is 5.48. The van der Waals surface area contributed by atoms with E-state index in [0.717, 1.165) is 0 Å². The van der Waals surface area contributed by atoms with Gasteiger partial charge in [-0.1, -0.05) is 11.6 Å². The molecule has 2 heterocycles. The maximum Gasteiger partial charge on any atom is 0.219 e. The minimum Gasteiger partial charge on any atom is -0.437 e. The summed E-state index contributed by atoms with van der Waals surface area (Å²) in [5, 5.41) is 0.536. The van der Waals surface area contributed by atoms with Crippen LogP contribution in [0.3, 0.4) is 0 Å². The summed E-state index contributed by atoms with van der Waals surface area (Å²) in [6, 6.07) is 6.97. The molecule has 0 aliphatic carbocycles. The summed E-state index contributed by atoms with van der Waals surface area (Å²) in [6.07, 6.45) is 3.28. The van der Waals surface area contributed by atoms with E-state index in [0.29, 0.717) is 22.3 Å². The van der Waals surface area contributed by atoms with E-state index in [1.165, 1.54) is 0 Å². The number of rotatable bonds is 3. The van der Waals surface area contributed by atoms with Gasteiger partial charge < -0.3 is 4.74 Å². The quantitative estimate of drug-likeness (QED) is 0.785. The zero-order valence-electron chi connectivity index (χ0n) is 8.23. The molecule has 0 aliphatic heterocycles. The minimum atomic E-state index is 0.253. The third-order valence-electron chi connectivity index (χ3n) is 1.88. The molecular formula is C11H8Cl2N2O. The van der Waals surface area contributed by atoms with Crippen LogP contribution in [0, 0.1) is 0 Å². The van der Waals surface area contributed by atoms with Crippen LogP contribution in [0.25, 0.3) is 0 Å². The lowest BCUT2D eigenvalue weighted by Gasteiger charge is -2.05. The lowest BCUT2D eigenvalue weighted by atomic mass is 10.4. The van der Waals surface area contributed by atoms with E-state index in [2.05, 4.69) is 9.97 Å². The maximum absolute atomic E-state index is 5.88. The van der Waals surface area contributed by atoms with E-state index in [1.54, 1.807) is 36.7 Å². The normalized spacial score (nSPS) is 10.1. The van der Waals surface area contributed by atoms with Gasteiger partial charge in [0.15, 0.2) is 0 Å². The Morgan fingerprint density at radius 1 is 1.25 bits per heavy atom. The Kier molecular flexibility index (Phi) is 3.59. The molecule has 2 aromatic heterocycles. The number of hydrogen-bond donors (Lipinski definition) is 0. The number of halogens is 2. The fraction of sp³-hybridized carbons (Fsp3) is 0.0909. The highest BCUT2D eigenvalue weighted by molar-refractivity contribution is 6.32. The average molecular weight is 255 g/mol. The number of aromatic nitrogens is 2. The first-order chi connectivity index (χ1) is 7.79. The second kappa shape index (κ2) is 5.14. The van der Waals surface area contributed by atoms with Crippen molar-refractivity contribution < 1.29 is 4.74 Å². The second-order valence-electron chi connectivity index (χ2n) is 3.00. The van der Waals surface area contributed by atoms with Crippen LogP contribution in [0.4, 0.5) is 0 Å². The van der Waals surface area contributed by atoms with Crippen molar-refractivity contribution in [3.05, 3.63) is 47.4 Å². The molecule has 0 saturated heterocycles. The molecule has 0 fully saturated rings. The molecule has 0 aromatic carbocycles. The summed E-state index contributed by atoms with van der Waals surface area (Å²) in [5.41, 5.74) is 0.602. The van der Waals surface area contributed by atoms with Crippen LogP contribution in [0.2, 0.25) is 5.02 Å². The number of alkyl halides is 1. The minimum absolute atomic E-state index is 0.253. The third-order valence-corrected chi connectivity index (χ3v) is 2.47. The standard InChI is InChI=1S/C11H8Cl2N2O/c12-6-10-9(13)3-4-11(15-10)16-8-2-1-5-14-7-8/h1-5,7H,6H2. The van der Waals surface area contributed by atoms with Gasteiger partial charge in [-0.2, -0.15) is 0 Å². The van der Waals surface area contributed by atoms with Crippen molar-refractivity contribution in [3.63, 3.8) is 0 Å². The zero-order chi connectivity index (χ0) is 11.4. The Morgan fingerprint density at radius 2 is 2.12 bits per heavy atom. The largest absolute Gasteiger partial charge is 0.437 e. The summed E-state index contributed by atoms with van der Waals surface area (Å²) in [6.45, 7) is 0. The van der Waals surface area contributed by atoms with Crippen molar-refractivity contribution in [2.45, 2.75) is 5.88 Å². The molecule has 5 heteroatoms. The number of pyridine rings is 2. The van der Waals surface area contributed by atoms with Crippen molar-refractivity contribution in [1.82, 2.24) is 9.97 Å². The Balaban J connectivity index is 2.22. The number of nitrogens with zero attached hydrogens (tertiary/aromatic N) is 2. The summed E-state index contributed by atoms with van der Waals surface area (Å²) in [4.78, 5) is 8.11. The van der Waals surface area contributed by atoms with E-state index >= 15 is 0 Å². The van der Waals surface area contributed by atoms with E-state index in [-0.39, 0.29) is 5.88 Å². The monoisotopic (exact) mass is 254 g/mol. The molecule has 0 saturated carbocycles. The highest BCUT2D eigenvalue weighted by Gasteiger charge is 2.04. The van der Waals surface area contributed by atoms with Crippen LogP contribution < -0.4 is 4.74 Å². The van der Waals surface area contributed by atoms with Crippen molar-refractivity contribution in [2.24, 2.45) is 0 Å². The molecule has 0 amide bonds. The van der Waals surface area contributed by atoms with Crippen molar-refractivity contribution >= 4 is 23.2 Å². The molecule has 16 heavy (non-hydrogen) atoms. The fourth-order valence-corrected chi connectivity index (χ4v) is 1.59. The molecular weight excluding hydrogens is 247 g/mol. The summed E-state index contributed by atoms with van der Waals surface area (Å²) >= 11 is 11.6. The van der Waals surface area contributed by atoms with Crippen LogP contribution >= 0.6 is 23.2 Å². The molecule has 0 aliphatic rings. The van der Waals surface area contributed by atoms with Crippen molar-refractivity contribution in [1.29, 1.82) is 0 Å². The summed E-state index contributed by atoms with van der Waals surface area (Å²) in [7, 11) is 0. The van der Waals surface area contributed by atoms with Crippen LogP contribution in [-0.4, -0.2) is 9.97 Å². The smallest absolute Gasteiger partial charge is 0.219 e. The number of hydrogen-bond acceptors (Lipinski definition) is 3. The molecule has 0 bridgehead atoms. The van der Waals surface area contributed by atoms with E-state index in [9.17, 15) is 0 Å². The Bertz CT molecular complexity index is 477. The van der Waals surface area contributed by atoms with Gasteiger partial charge in [0.05, 0.1) is 22.8 Å². The fourth-order valence-electron chi connectivity index (χ4n) is 1.14. The molecule has 3 nitrogen and oxygen atoms in total. The molecule has 0 radical (unpaired) electrons. The average Bonchev–Trinajstić information content (AvgIpc) is 2.33. The van der Waals surface area contributed by atoms with Gasteiger partial charge in [-0.05, 0) is 18.2 Å². The maximum atomic E-state index is 5.88. The van der Waals surface area contributed by atoms with Crippen molar-refractivity contribution in [3.8, 4) is 11.6 Å². The van der Waals surface area contributed by atoms with Gasteiger partial charge in [0.2, 0.25) is 5.88 Å². The van der Waals surface area contributed by atoms with Gasteiger partial charge >= 0.3 is 0 Å². The SMILES string of the molecule is ClCc1nc(Oc2cccnc2)ccc1Cl. The van der Waals surface area contributed by atoms with Gasteiger partial charge in [0.1, 0.15) is 5.75 Å². The molecule has 2 aromatic rings. The topological polar surface area (TPSA) is 35.0 Å². The highest BCUT2D eigenvalue weighted by atomic mass is 35.5.